The zero-order valence-electron chi connectivity index (χ0n) is 7.38. The van der Waals surface area contributed by atoms with E-state index >= 15 is 0 Å². The van der Waals surface area contributed by atoms with E-state index in [9.17, 15) is 4.79 Å². The van der Waals surface area contributed by atoms with Crippen LogP contribution in [0.1, 0.15) is 17.3 Å². The highest BCUT2D eigenvalue weighted by molar-refractivity contribution is 9.11. The number of hydrogen-bond donors (Lipinski definition) is 1. The fourth-order valence-corrected chi connectivity index (χ4v) is 1.92. The molecule has 0 unspecified atom stereocenters. The van der Waals surface area contributed by atoms with Gasteiger partial charge in [-0.1, -0.05) is 0 Å². The van der Waals surface area contributed by atoms with Gasteiger partial charge in [0, 0.05) is 0 Å². The maximum atomic E-state index is 11.4. The number of hydrogen-bond acceptors (Lipinski definition) is 4. The van der Waals surface area contributed by atoms with Gasteiger partial charge in [0.05, 0.1) is 17.9 Å². The SMILES string of the molecule is CCOC(=O)c1cc(Br)nc(Br)c1N. The van der Waals surface area contributed by atoms with E-state index in [1.807, 2.05) is 0 Å². The van der Waals surface area contributed by atoms with Crippen molar-refractivity contribution >= 4 is 43.5 Å². The number of rotatable bonds is 2. The molecule has 0 saturated heterocycles. The van der Waals surface area contributed by atoms with Gasteiger partial charge in [0.25, 0.3) is 0 Å². The smallest absolute Gasteiger partial charge is 0.340 e. The number of pyridine rings is 1. The Balaban J connectivity index is 3.13. The van der Waals surface area contributed by atoms with Gasteiger partial charge < -0.3 is 10.5 Å². The Bertz CT molecular complexity index is 369. The van der Waals surface area contributed by atoms with Crippen molar-refractivity contribution in [2.45, 2.75) is 6.92 Å². The van der Waals surface area contributed by atoms with Crippen LogP contribution in [0.5, 0.6) is 0 Å². The third kappa shape index (κ3) is 2.45. The Morgan fingerprint density at radius 1 is 1.64 bits per heavy atom. The van der Waals surface area contributed by atoms with Gasteiger partial charge >= 0.3 is 5.97 Å². The van der Waals surface area contributed by atoms with Crippen LogP contribution in [0.4, 0.5) is 5.69 Å². The molecule has 4 nitrogen and oxygen atoms in total. The number of halogens is 2. The quantitative estimate of drug-likeness (QED) is 0.670. The topological polar surface area (TPSA) is 65.2 Å². The average molecular weight is 324 g/mol. The highest BCUT2D eigenvalue weighted by Gasteiger charge is 2.14. The predicted octanol–water partition coefficient (Wildman–Crippen LogP) is 2.37. The monoisotopic (exact) mass is 322 g/mol. The Morgan fingerprint density at radius 2 is 2.29 bits per heavy atom. The maximum absolute atomic E-state index is 11.4. The van der Waals surface area contributed by atoms with E-state index in [2.05, 4.69) is 36.8 Å². The van der Waals surface area contributed by atoms with E-state index in [4.69, 9.17) is 10.5 Å². The minimum atomic E-state index is -0.450. The molecule has 0 amide bonds. The fourth-order valence-electron chi connectivity index (χ4n) is 0.872. The second-order valence-corrected chi connectivity index (χ2v) is 3.98. The van der Waals surface area contributed by atoms with Crippen molar-refractivity contribution in [1.29, 1.82) is 0 Å². The van der Waals surface area contributed by atoms with Crippen LogP contribution in [0.15, 0.2) is 15.3 Å². The van der Waals surface area contributed by atoms with Gasteiger partial charge in [0.2, 0.25) is 0 Å². The normalized spacial score (nSPS) is 9.93. The summed E-state index contributed by atoms with van der Waals surface area (Å²) >= 11 is 6.30. The zero-order chi connectivity index (χ0) is 10.7. The molecule has 0 aromatic carbocycles. The number of esters is 1. The number of carbonyl (C=O) groups is 1. The molecular formula is C8H8Br2N2O2. The van der Waals surface area contributed by atoms with E-state index < -0.39 is 5.97 Å². The first-order valence-electron chi connectivity index (χ1n) is 3.85. The molecule has 0 bridgehead atoms. The summed E-state index contributed by atoms with van der Waals surface area (Å²) in [6.07, 6.45) is 0. The number of anilines is 1. The highest BCUT2D eigenvalue weighted by Crippen LogP contribution is 2.25. The molecule has 2 N–H and O–H groups in total. The number of nitrogens with zero attached hydrogens (tertiary/aromatic N) is 1. The van der Waals surface area contributed by atoms with E-state index in [-0.39, 0.29) is 5.69 Å². The van der Waals surface area contributed by atoms with Gasteiger partial charge in [-0.25, -0.2) is 9.78 Å². The van der Waals surface area contributed by atoms with E-state index in [0.29, 0.717) is 21.4 Å². The lowest BCUT2D eigenvalue weighted by Crippen LogP contribution is -2.09. The van der Waals surface area contributed by atoms with Crippen molar-refractivity contribution in [3.63, 3.8) is 0 Å². The molecule has 0 radical (unpaired) electrons. The van der Waals surface area contributed by atoms with Crippen LogP contribution in [0, 0.1) is 0 Å². The number of nitrogen functional groups attached to an aromatic ring is 1. The summed E-state index contributed by atoms with van der Waals surface area (Å²) in [4.78, 5) is 15.4. The van der Waals surface area contributed by atoms with Crippen LogP contribution < -0.4 is 5.73 Å². The first kappa shape index (κ1) is 11.5. The van der Waals surface area contributed by atoms with Gasteiger partial charge in [0.15, 0.2) is 0 Å². The summed E-state index contributed by atoms with van der Waals surface area (Å²) in [6.45, 7) is 2.05. The second kappa shape index (κ2) is 4.75. The molecule has 0 aliphatic rings. The molecule has 76 valence electrons. The first-order valence-corrected chi connectivity index (χ1v) is 5.43. The molecule has 1 heterocycles. The maximum Gasteiger partial charge on any atom is 0.340 e. The Labute approximate surface area is 98.1 Å². The van der Waals surface area contributed by atoms with Gasteiger partial charge in [-0.3, -0.25) is 0 Å². The summed E-state index contributed by atoms with van der Waals surface area (Å²) in [6, 6.07) is 1.53. The molecular weight excluding hydrogens is 316 g/mol. The molecule has 0 spiro atoms. The number of carbonyl (C=O) groups excluding carboxylic acids is 1. The molecule has 1 aromatic heterocycles. The van der Waals surface area contributed by atoms with Crippen LogP contribution in [-0.4, -0.2) is 17.6 Å². The molecule has 0 fully saturated rings. The summed E-state index contributed by atoms with van der Waals surface area (Å²) in [5, 5.41) is 0. The van der Waals surface area contributed by atoms with Gasteiger partial charge in [-0.2, -0.15) is 0 Å². The van der Waals surface area contributed by atoms with Crippen LogP contribution in [0.2, 0.25) is 0 Å². The van der Waals surface area contributed by atoms with E-state index in [1.54, 1.807) is 6.92 Å². The molecule has 1 rings (SSSR count). The van der Waals surface area contributed by atoms with Crippen LogP contribution in [-0.2, 0) is 4.74 Å². The predicted molar refractivity (Wildman–Crippen MR) is 60.0 cm³/mol. The molecule has 1 aromatic rings. The Morgan fingerprint density at radius 3 is 2.86 bits per heavy atom. The van der Waals surface area contributed by atoms with E-state index in [1.165, 1.54) is 6.07 Å². The third-order valence-electron chi connectivity index (χ3n) is 1.48. The first-order chi connectivity index (χ1) is 6.56. The lowest BCUT2D eigenvalue weighted by atomic mass is 10.2. The Kier molecular flexibility index (Phi) is 3.88. The van der Waals surface area contributed by atoms with Crippen molar-refractivity contribution in [1.82, 2.24) is 4.98 Å². The molecule has 0 aliphatic carbocycles. The number of ether oxygens (including phenoxy) is 1. The van der Waals surface area contributed by atoms with Crippen LogP contribution >= 0.6 is 31.9 Å². The van der Waals surface area contributed by atoms with Gasteiger partial charge in [0.1, 0.15) is 9.21 Å². The van der Waals surface area contributed by atoms with Crippen molar-refractivity contribution in [3.8, 4) is 0 Å². The summed E-state index contributed by atoms with van der Waals surface area (Å²) in [5.41, 5.74) is 6.24. The van der Waals surface area contributed by atoms with Crippen molar-refractivity contribution in [2.24, 2.45) is 0 Å². The largest absolute Gasteiger partial charge is 0.462 e. The molecule has 0 aliphatic heterocycles. The van der Waals surface area contributed by atoms with Crippen molar-refractivity contribution in [3.05, 3.63) is 20.8 Å². The van der Waals surface area contributed by atoms with Crippen LogP contribution in [0.25, 0.3) is 0 Å². The van der Waals surface area contributed by atoms with Gasteiger partial charge in [-0.05, 0) is 44.8 Å². The van der Waals surface area contributed by atoms with Crippen molar-refractivity contribution < 1.29 is 9.53 Å². The lowest BCUT2D eigenvalue weighted by Gasteiger charge is -2.06. The standard InChI is InChI=1S/C8H8Br2N2O2/c1-2-14-8(13)4-3-5(9)12-7(10)6(4)11/h3H,2,11H2,1H3. The molecule has 0 saturated carbocycles. The minimum absolute atomic E-state index is 0.284. The molecule has 14 heavy (non-hydrogen) atoms. The highest BCUT2D eigenvalue weighted by atomic mass is 79.9. The molecule has 6 heteroatoms. The average Bonchev–Trinajstić information content (AvgIpc) is 2.11. The number of nitrogens with two attached hydrogens (primary N) is 1. The summed E-state index contributed by atoms with van der Waals surface area (Å²) in [5.74, 6) is -0.450. The third-order valence-corrected chi connectivity index (χ3v) is 2.49. The summed E-state index contributed by atoms with van der Waals surface area (Å²) in [7, 11) is 0. The molecule has 0 atom stereocenters. The zero-order valence-corrected chi connectivity index (χ0v) is 10.6. The fraction of sp³-hybridized carbons (Fsp3) is 0.250. The van der Waals surface area contributed by atoms with Crippen LogP contribution in [0.3, 0.4) is 0 Å². The van der Waals surface area contributed by atoms with E-state index in [0.717, 1.165) is 0 Å². The Hall–Kier alpha value is -0.620. The minimum Gasteiger partial charge on any atom is -0.462 e. The lowest BCUT2D eigenvalue weighted by molar-refractivity contribution is 0.0527. The van der Waals surface area contributed by atoms with Gasteiger partial charge in [-0.15, -0.1) is 0 Å². The second-order valence-electron chi connectivity index (χ2n) is 2.42. The number of aromatic nitrogens is 1. The summed E-state index contributed by atoms with van der Waals surface area (Å²) < 4.78 is 5.79. The van der Waals surface area contributed by atoms with Crippen molar-refractivity contribution in [2.75, 3.05) is 12.3 Å².